The molecule has 0 radical (unpaired) electrons. The normalized spacial score (nSPS) is 20.9. The van der Waals surface area contributed by atoms with Crippen LogP contribution in [0.15, 0.2) is 59.6 Å². The number of nitrogens with one attached hydrogen (secondary N) is 1. The molecule has 0 saturated heterocycles. The van der Waals surface area contributed by atoms with E-state index >= 15 is 0 Å². The molecule has 7 heteroatoms. The van der Waals surface area contributed by atoms with E-state index in [1.54, 1.807) is 30.5 Å². The number of pyridine rings is 1. The van der Waals surface area contributed by atoms with Crippen molar-refractivity contribution in [2.75, 3.05) is 0 Å². The molecule has 0 spiro atoms. The molecule has 1 aliphatic carbocycles. The van der Waals surface area contributed by atoms with E-state index in [-0.39, 0.29) is 22.7 Å². The maximum absolute atomic E-state index is 13.8. The molecule has 0 aliphatic heterocycles. The second kappa shape index (κ2) is 8.61. The molecule has 1 aliphatic rings. The number of halogens is 2. The minimum Gasteiger partial charge on any atom is -0.256 e. The van der Waals surface area contributed by atoms with Gasteiger partial charge in [-0.3, -0.25) is 4.98 Å². The fourth-order valence-corrected chi connectivity index (χ4v) is 5.89. The number of nitrogens with zero attached hydrogens (tertiary/aromatic N) is 1. The lowest BCUT2D eigenvalue weighted by atomic mass is 9.76. The summed E-state index contributed by atoms with van der Waals surface area (Å²) < 4.78 is 41.9. The zero-order valence-corrected chi connectivity index (χ0v) is 18.3. The maximum Gasteiger partial charge on any atom is 0.240 e. The predicted molar refractivity (Wildman–Crippen MR) is 118 cm³/mol. The van der Waals surface area contributed by atoms with Gasteiger partial charge in [-0.15, -0.1) is 0 Å². The van der Waals surface area contributed by atoms with Crippen LogP contribution in [0, 0.1) is 11.7 Å². The summed E-state index contributed by atoms with van der Waals surface area (Å²) in [7, 11) is -3.58. The Morgan fingerprint density at radius 1 is 1.07 bits per heavy atom. The first-order valence-corrected chi connectivity index (χ1v) is 12.0. The number of hydrogen-bond donors (Lipinski definition) is 1. The quantitative estimate of drug-likeness (QED) is 0.549. The summed E-state index contributed by atoms with van der Waals surface area (Å²) in [5, 5.41) is 1.38. The van der Waals surface area contributed by atoms with Crippen LogP contribution in [0.5, 0.6) is 0 Å². The molecule has 1 aromatic heterocycles. The second-order valence-electron chi connectivity index (χ2n) is 8.04. The Hall–Kier alpha value is -2.02. The highest BCUT2D eigenvalue weighted by molar-refractivity contribution is 7.89. The fraction of sp³-hybridized carbons (Fsp3) is 0.348. The van der Waals surface area contributed by atoms with Crippen molar-refractivity contribution in [3.8, 4) is 0 Å². The summed E-state index contributed by atoms with van der Waals surface area (Å²) >= 11 is 5.86. The molecule has 158 valence electrons. The van der Waals surface area contributed by atoms with Gasteiger partial charge in [0.1, 0.15) is 5.82 Å². The van der Waals surface area contributed by atoms with Gasteiger partial charge in [0.25, 0.3) is 0 Å². The number of hydrogen-bond acceptors (Lipinski definition) is 3. The van der Waals surface area contributed by atoms with Gasteiger partial charge in [0.05, 0.1) is 10.4 Å². The Kier molecular flexibility index (Phi) is 6.09. The van der Waals surface area contributed by atoms with E-state index < -0.39 is 10.0 Å². The van der Waals surface area contributed by atoms with E-state index in [1.807, 2.05) is 13.0 Å². The molecule has 3 aromatic rings. The number of benzene rings is 2. The Bertz CT molecular complexity index is 1140. The number of rotatable bonds is 5. The van der Waals surface area contributed by atoms with Gasteiger partial charge in [0.2, 0.25) is 10.0 Å². The molecule has 4 nitrogen and oxygen atoms in total. The molecule has 1 fully saturated rings. The molecule has 30 heavy (non-hydrogen) atoms. The predicted octanol–water partition coefficient (Wildman–Crippen LogP) is 5.67. The van der Waals surface area contributed by atoms with E-state index in [1.165, 1.54) is 18.2 Å². The van der Waals surface area contributed by atoms with Gasteiger partial charge in [-0.2, -0.15) is 0 Å². The topological polar surface area (TPSA) is 59.1 Å². The molecule has 0 bridgehead atoms. The van der Waals surface area contributed by atoms with Crippen LogP contribution < -0.4 is 4.72 Å². The van der Waals surface area contributed by atoms with E-state index in [0.29, 0.717) is 10.9 Å². The van der Waals surface area contributed by atoms with Gasteiger partial charge in [-0.05, 0) is 98.5 Å². The van der Waals surface area contributed by atoms with Gasteiger partial charge in [-0.1, -0.05) is 11.6 Å². The lowest BCUT2D eigenvalue weighted by Gasteiger charge is -2.33. The number of aromatic nitrogens is 1. The van der Waals surface area contributed by atoms with Gasteiger partial charge >= 0.3 is 0 Å². The lowest BCUT2D eigenvalue weighted by molar-refractivity contribution is 0.281. The molecule has 1 heterocycles. The van der Waals surface area contributed by atoms with Crippen molar-refractivity contribution >= 4 is 32.5 Å². The van der Waals surface area contributed by atoms with E-state index in [9.17, 15) is 12.8 Å². The Balaban J connectivity index is 1.43. The van der Waals surface area contributed by atoms with Crippen LogP contribution in [0.3, 0.4) is 0 Å². The summed E-state index contributed by atoms with van der Waals surface area (Å²) in [6.07, 6.45) is 5.48. The van der Waals surface area contributed by atoms with Crippen LogP contribution in [0.25, 0.3) is 10.9 Å². The second-order valence-corrected chi connectivity index (χ2v) is 10.2. The zero-order chi connectivity index (χ0) is 21.3. The Morgan fingerprint density at radius 3 is 2.47 bits per heavy atom. The monoisotopic (exact) mass is 446 g/mol. The minimum atomic E-state index is -3.58. The highest BCUT2D eigenvalue weighted by atomic mass is 35.5. The Morgan fingerprint density at radius 2 is 1.77 bits per heavy atom. The average Bonchev–Trinajstić information content (AvgIpc) is 2.73. The first kappa shape index (κ1) is 21.2. The van der Waals surface area contributed by atoms with E-state index in [4.69, 9.17) is 11.6 Å². The Labute approximate surface area is 181 Å². The van der Waals surface area contributed by atoms with Crippen LogP contribution in [-0.2, 0) is 10.0 Å². The van der Waals surface area contributed by atoms with Crippen molar-refractivity contribution in [1.82, 2.24) is 9.71 Å². The van der Waals surface area contributed by atoms with Crippen molar-refractivity contribution in [1.29, 1.82) is 0 Å². The van der Waals surface area contributed by atoms with Crippen molar-refractivity contribution in [2.24, 2.45) is 5.92 Å². The summed E-state index contributed by atoms with van der Waals surface area (Å²) in [6, 6.07) is 12.7. The molecular formula is C23H24ClFN2O2S. The van der Waals surface area contributed by atoms with Gasteiger partial charge in [0.15, 0.2) is 0 Å². The van der Waals surface area contributed by atoms with Gasteiger partial charge in [0, 0.05) is 22.6 Å². The standard InChI is InChI=1S/C23H24ClFN2O2S/c1-15(27-30(28,29)20-9-6-18(24)7-10-20)16-2-4-17(5-3-16)21-12-13-26-23-11-8-19(25)14-22(21)23/h6-17,27H,2-5H2,1H3/t15-,16-,17-/m1/s1. The largest absolute Gasteiger partial charge is 0.256 e. The van der Waals surface area contributed by atoms with Crippen LogP contribution in [0.1, 0.15) is 44.1 Å². The molecule has 0 unspecified atom stereocenters. The summed E-state index contributed by atoms with van der Waals surface area (Å²) in [5.74, 6) is 0.331. The number of sulfonamides is 1. The van der Waals surface area contributed by atoms with Gasteiger partial charge < -0.3 is 0 Å². The number of fused-ring (bicyclic) bond motifs is 1. The molecular weight excluding hydrogens is 423 g/mol. The third kappa shape index (κ3) is 4.51. The van der Waals surface area contributed by atoms with Gasteiger partial charge in [-0.25, -0.2) is 17.5 Å². The van der Waals surface area contributed by atoms with Crippen LogP contribution >= 0.6 is 11.6 Å². The first-order valence-electron chi connectivity index (χ1n) is 10.2. The third-order valence-electron chi connectivity index (χ3n) is 6.12. The summed E-state index contributed by atoms with van der Waals surface area (Å²) in [6.45, 7) is 1.93. The van der Waals surface area contributed by atoms with E-state index in [0.717, 1.165) is 42.1 Å². The summed E-state index contributed by atoms with van der Waals surface area (Å²) in [4.78, 5) is 4.56. The molecule has 1 N–H and O–H groups in total. The smallest absolute Gasteiger partial charge is 0.240 e. The SMILES string of the molecule is C[C@@H](NS(=O)(=O)c1ccc(Cl)cc1)[C@H]1CC[C@H](c2ccnc3ccc(F)cc32)CC1. The molecule has 0 amide bonds. The highest BCUT2D eigenvalue weighted by Gasteiger charge is 2.29. The molecule has 1 atom stereocenters. The van der Waals surface area contributed by atoms with E-state index in [2.05, 4.69) is 9.71 Å². The van der Waals surface area contributed by atoms with Crippen LogP contribution in [-0.4, -0.2) is 19.4 Å². The molecule has 4 rings (SSSR count). The van der Waals surface area contributed by atoms with Crippen LogP contribution in [0.2, 0.25) is 5.02 Å². The minimum absolute atomic E-state index is 0.168. The summed E-state index contributed by atoms with van der Waals surface area (Å²) in [5.41, 5.74) is 1.94. The average molecular weight is 447 g/mol. The van der Waals surface area contributed by atoms with Crippen molar-refractivity contribution in [2.45, 2.75) is 49.5 Å². The molecule has 2 aromatic carbocycles. The van der Waals surface area contributed by atoms with Crippen molar-refractivity contribution in [3.63, 3.8) is 0 Å². The first-order chi connectivity index (χ1) is 14.3. The zero-order valence-electron chi connectivity index (χ0n) is 16.7. The molecule has 1 saturated carbocycles. The highest BCUT2D eigenvalue weighted by Crippen LogP contribution is 2.39. The van der Waals surface area contributed by atoms with Crippen molar-refractivity contribution < 1.29 is 12.8 Å². The fourth-order valence-electron chi connectivity index (χ4n) is 4.45. The van der Waals surface area contributed by atoms with Crippen molar-refractivity contribution in [3.05, 3.63) is 71.1 Å². The maximum atomic E-state index is 13.8. The lowest BCUT2D eigenvalue weighted by Crippen LogP contribution is -2.39. The van der Waals surface area contributed by atoms with Crippen LogP contribution in [0.4, 0.5) is 4.39 Å². The third-order valence-corrected chi connectivity index (χ3v) is 7.95.